The highest BCUT2D eigenvalue weighted by molar-refractivity contribution is 6.10. The second kappa shape index (κ2) is 5.45. The number of Topliss-reactive ketones (excluding diaryl/α,β-unsaturated/α-hetero) is 1. The molecule has 1 fully saturated rings. The third-order valence-corrected chi connectivity index (χ3v) is 3.45. The van der Waals surface area contributed by atoms with E-state index in [0.717, 1.165) is 29.1 Å². The Kier molecular flexibility index (Phi) is 4.46. The Labute approximate surface area is 103 Å². The van der Waals surface area contributed by atoms with Crippen molar-refractivity contribution in [2.75, 3.05) is 14.2 Å². The largest absolute Gasteiger partial charge is 0.294 e. The smallest absolute Gasteiger partial charge is 0.257 e. The zero-order valence-corrected chi connectivity index (χ0v) is 11.2. The molecule has 4 heteroatoms. The molecular weight excluding hydrogens is 218 g/mol. The number of hydroxylamine groups is 2. The van der Waals surface area contributed by atoms with Crippen LogP contribution in [0, 0.1) is 11.8 Å². The van der Waals surface area contributed by atoms with E-state index in [1.54, 1.807) is 7.05 Å². The lowest BCUT2D eigenvalue weighted by Crippen LogP contribution is -2.42. The van der Waals surface area contributed by atoms with Crippen molar-refractivity contribution < 1.29 is 14.4 Å². The number of ketones is 1. The molecule has 0 bridgehead atoms. The molecule has 0 spiro atoms. The van der Waals surface area contributed by atoms with Gasteiger partial charge in [-0.15, -0.1) is 0 Å². The second-order valence-corrected chi connectivity index (χ2v) is 4.85. The molecule has 0 heterocycles. The van der Waals surface area contributed by atoms with Gasteiger partial charge in [-0.2, -0.15) is 0 Å². The van der Waals surface area contributed by atoms with Crippen molar-refractivity contribution in [3.63, 3.8) is 0 Å². The van der Waals surface area contributed by atoms with Gasteiger partial charge in [0.1, 0.15) is 5.92 Å². The van der Waals surface area contributed by atoms with E-state index in [1.165, 1.54) is 7.11 Å². The molecule has 0 radical (unpaired) electrons. The molecule has 0 saturated heterocycles. The van der Waals surface area contributed by atoms with E-state index in [9.17, 15) is 9.59 Å². The lowest BCUT2D eigenvalue weighted by Gasteiger charge is -2.31. The van der Waals surface area contributed by atoms with Crippen LogP contribution in [0.3, 0.4) is 0 Å². The average Bonchev–Trinajstić information content (AvgIpc) is 2.27. The number of carbonyl (C=O) groups excluding carboxylic acids is 2. The van der Waals surface area contributed by atoms with Gasteiger partial charge in [0.15, 0.2) is 5.78 Å². The van der Waals surface area contributed by atoms with Gasteiger partial charge in [-0.1, -0.05) is 12.5 Å². The third-order valence-electron chi connectivity index (χ3n) is 3.45. The fourth-order valence-electron chi connectivity index (χ4n) is 2.25. The Morgan fingerprint density at radius 2 is 2.00 bits per heavy atom. The molecular formula is C13H21NO3. The molecule has 1 saturated carbocycles. The van der Waals surface area contributed by atoms with Crippen LogP contribution in [0.1, 0.15) is 33.6 Å². The summed E-state index contributed by atoms with van der Waals surface area (Å²) in [6.07, 6.45) is 1.66. The first kappa shape index (κ1) is 13.9. The second-order valence-electron chi connectivity index (χ2n) is 4.85. The van der Waals surface area contributed by atoms with Gasteiger partial charge in [-0.05, 0) is 38.2 Å². The molecule has 0 aliphatic heterocycles. The fourth-order valence-corrected chi connectivity index (χ4v) is 2.25. The molecule has 1 aliphatic carbocycles. The molecule has 0 unspecified atom stereocenters. The van der Waals surface area contributed by atoms with Crippen LogP contribution in [0.2, 0.25) is 0 Å². The zero-order valence-electron chi connectivity index (χ0n) is 11.2. The highest BCUT2D eigenvalue weighted by Gasteiger charge is 2.39. The van der Waals surface area contributed by atoms with Crippen LogP contribution >= 0.6 is 0 Å². The van der Waals surface area contributed by atoms with E-state index in [0.29, 0.717) is 0 Å². The maximum Gasteiger partial charge on any atom is 0.257 e. The highest BCUT2D eigenvalue weighted by atomic mass is 16.7. The summed E-state index contributed by atoms with van der Waals surface area (Å²) in [5.74, 6) is -0.782. The maximum atomic E-state index is 12.3. The van der Waals surface area contributed by atoms with Crippen LogP contribution < -0.4 is 0 Å². The quantitative estimate of drug-likeness (QED) is 0.420. The van der Waals surface area contributed by atoms with E-state index in [1.807, 2.05) is 20.8 Å². The molecule has 1 aliphatic rings. The van der Waals surface area contributed by atoms with Gasteiger partial charge in [0.2, 0.25) is 0 Å². The number of rotatable bonds is 2. The normalized spacial score (nSPS) is 24.8. The molecule has 0 aromatic rings. The molecule has 0 aromatic heterocycles. The van der Waals surface area contributed by atoms with Crippen molar-refractivity contribution in [3.8, 4) is 0 Å². The molecule has 4 nitrogen and oxygen atoms in total. The van der Waals surface area contributed by atoms with Gasteiger partial charge >= 0.3 is 0 Å². The van der Waals surface area contributed by atoms with E-state index < -0.39 is 5.92 Å². The highest BCUT2D eigenvalue weighted by Crippen LogP contribution is 2.33. The monoisotopic (exact) mass is 239 g/mol. The lowest BCUT2D eigenvalue weighted by atomic mass is 9.75. The van der Waals surface area contributed by atoms with Crippen molar-refractivity contribution >= 4 is 11.7 Å². The summed E-state index contributed by atoms with van der Waals surface area (Å²) in [7, 11) is 2.97. The minimum atomic E-state index is -0.585. The number of amides is 1. The molecule has 96 valence electrons. The van der Waals surface area contributed by atoms with Gasteiger partial charge in [0.25, 0.3) is 5.91 Å². The van der Waals surface area contributed by atoms with Crippen LogP contribution in [-0.4, -0.2) is 30.9 Å². The van der Waals surface area contributed by atoms with E-state index in [-0.39, 0.29) is 17.6 Å². The van der Waals surface area contributed by atoms with Crippen molar-refractivity contribution in [2.45, 2.75) is 33.6 Å². The van der Waals surface area contributed by atoms with Gasteiger partial charge in [0, 0.05) is 7.05 Å². The summed E-state index contributed by atoms with van der Waals surface area (Å²) < 4.78 is 0. The Morgan fingerprint density at radius 1 is 1.41 bits per heavy atom. The van der Waals surface area contributed by atoms with E-state index >= 15 is 0 Å². The van der Waals surface area contributed by atoms with Crippen molar-refractivity contribution in [1.82, 2.24) is 5.06 Å². The van der Waals surface area contributed by atoms with Crippen LogP contribution in [-0.2, 0) is 14.4 Å². The zero-order chi connectivity index (χ0) is 13.2. The van der Waals surface area contributed by atoms with Crippen LogP contribution in [0.25, 0.3) is 0 Å². The van der Waals surface area contributed by atoms with Gasteiger partial charge in [-0.3, -0.25) is 14.4 Å². The Hall–Kier alpha value is -1.16. The lowest BCUT2D eigenvalue weighted by molar-refractivity contribution is -0.176. The first-order chi connectivity index (χ1) is 7.90. The number of carbonyl (C=O) groups is 2. The summed E-state index contributed by atoms with van der Waals surface area (Å²) in [6.45, 7) is 5.79. The molecule has 1 amide bonds. The van der Waals surface area contributed by atoms with Gasteiger partial charge in [-0.25, -0.2) is 5.06 Å². The molecule has 2 atom stereocenters. The van der Waals surface area contributed by atoms with Crippen molar-refractivity contribution in [3.05, 3.63) is 11.1 Å². The first-order valence-corrected chi connectivity index (χ1v) is 5.92. The third kappa shape index (κ3) is 2.75. The predicted octanol–water partition coefficient (Wildman–Crippen LogP) is 1.96. The predicted molar refractivity (Wildman–Crippen MR) is 65.0 cm³/mol. The van der Waals surface area contributed by atoms with Crippen molar-refractivity contribution in [2.24, 2.45) is 11.8 Å². The van der Waals surface area contributed by atoms with Crippen LogP contribution in [0.15, 0.2) is 11.1 Å². The minimum Gasteiger partial charge on any atom is -0.294 e. The summed E-state index contributed by atoms with van der Waals surface area (Å²) in [5.41, 5.74) is 1.82. The average molecular weight is 239 g/mol. The molecule has 1 rings (SSSR count). The number of allylic oxidation sites excluding steroid dienone is 2. The Bertz CT molecular complexity index is 356. The molecule has 0 aromatic carbocycles. The Morgan fingerprint density at radius 3 is 2.47 bits per heavy atom. The Balaban J connectivity index is 3.00. The summed E-state index contributed by atoms with van der Waals surface area (Å²) in [5, 5.41) is 1.15. The summed E-state index contributed by atoms with van der Waals surface area (Å²) in [6, 6.07) is 0. The number of nitrogens with zero attached hydrogens (tertiary/aromatic N) is 1. The van der Waals surface area contributed by atoms with E-state index in [2.05, 4.69) is 0 Å². The summed E-state index contributed by atoms with van der Waals surface area (Å²) in [4.78, 5) is 29.2. The SMILES string of the molecule is CON(C)C(=O)[C@@H]1C(=O)C(=C(C)C)CC[C@H]1C. The summed E-state index contributed by atoms with van der Waals surface area (Å²) >= 11 is 0. The van der Waals surface area contributed by atoms with Gasteiger partial charge < -0.3 is 0 Å². The topological polar surface area (TPSA) is 46.6 Å². The van der Waals surface area contributed by atoms with Crippen LogP contribution in [0.4, 0.5) is 0 Å². The maximum absolute atomic E-state index is 12.3. The van der Waals surface area contributed by atoms with Crippen LogP contribution in [0.5, 0.6) is 0 Å². The molecule has 0 N–H and O–H groups in total. The van der Waals surface area contributed by atoms with Gasteiger partial charge in [0.05, 0.1) is 7.11 Å². The number of hydrogen-bond donors (Lipinski definition) is 0. The van der Waals surface area contributed by atoms with Crippen molar-refractivity contribution in [1.29, 1.82) is 0 Å². The fraction of sp³-hybridized carbons (Fsp3) is 0.692. The first-order valence-electron chi connectivity index (χ1n) is 5.92. The standard InChI is InChI=1S/C13H21NO3/c1-8(2)10-7-6-9(3)11(12(10)15)13(16)14(4)17-5/h9,11H,6-7H2,1-5H3/t9-,11+/m1/s1. The van der Waals surface area contributed by atoms with E-state index in [4.69, 9.17) is 4.84 Å². The molecule has 17 heavy (non-hydrogen) atoms. The number of hydrogen-bond acceptors (Lipinski definition) is 3. The minimum absolute atomic E-state index is 0.0300.